The quantitative estimate of drug-likeness (QED) is 0.420. The van der Waals surface area contributed by atoms with Crippen LogP contribution in [0.3, 0.4) is 0 Å². The van der Waals surface area contributed by atoms with Crippen LogP contribution in [0.1, 0.15) is 139 Å². The van der Waals surface area contributed by atoms with E-state index in [1.807, 2.05) is 0 Å². The van der Waals surface area contributed by atoms with E-state index in [1.165, 1.54) is 64.2 Å². The van der Waals surface area contributed by atoms with Crippen molar-refractivity contribution in [2.75, 3.05) is 0 Å². The molecule has 0 amide bonds. The van der Waals surface area contributed by atoms with Gasteiger partial charge in [-0.1, -0.05) is 74.7 Å². The summed E-state index contributed by atoms with van der Waals surface area (Å²) in [7, 11) is 0. The van der Waals surface area contributed by atoms with Crippen LogP contribution in [-0.2, 0) is 0 Å². The largest absolute Gasteiger partial charge is 0.390 e. The second kappa shape index (κ2) is 9.12. The molecule has 0 radical (unpaired) electrons. The maximum Gasteiger partial charge on any atom is 0.0655 e. The van der Waals surface area contributed by atoms with Crippen molar-refractivity contribution >= 4 is 0 Å². The highest BCUT2D eigenvalue weighted by atomic mass is 16.3. The third kappa shape index (κ3) is 4.97. The van der Waals surface area contributed by atoms with Gasteiger partial charge in [0.05, 0.1) is 5.60 Å². The minimum Gasteiger partial charge on any atom is -0.390 e. The van der Waals surface area contributed by atoms with E-state index < -0.39 is 5.60 Å². The van der Waals surface area contributed by atoms with Gasteiger partial charge in [0.15, 0.2) is 0 Å². The van der Waals surface area contributed by atoms with Crippen LogP contribution < -0.4 is 0 Å². The maximum absolute atomic E-state index is 11.5. The first kappa shape index (κ1) is 26.0. The van der Waals surface area contributed by atoms with Crippen LogP contribution in [-0.4, -0.2) is 10.7 Å². The van der Waals surface area contributed by atoms with Crippen molar-refractivity contribution in [3.8, 4) is 0 Å². The molecule has 0 unspecified atom stereocenters. The summed E-state index contributed by atoms with van der Waals surface area (Å²) in [6.07, 6.45) is 17.4. The molecule has 0 aliphatic heterocycles. The molecule has 0 aromatic heterocycles. The molecule has 192 valence electrons. The average Bonchev–Trinajstić information content (AvgIpc) is 3.04. The molecule has 0 aromatic carbocycles. The van der Waals surface area contributed by atoms with Crippen LogP contribution in [0.4, 0.5) is 0 Å². The van der Waals surface area contributed by atoms with Gasteiger partial charge in [-0.2, -0.15) is 0 Å². The van der Waals surface area contributed by atoms with Crippen molar-refractivity contribution in [1.82, 2.24) is 0 Å². The van der Waals surface area contributed by atoms with Crippen LogP contribution in [0, 0.1) is 57.7 Å². The molecule has 4 fully saturated rings. The topological polar surface area (TPSA) is 20.2 Å². The van der Waals surface area contributed by atoms with E-state index in [0.29, 0.717) is 10.8 Å². The molecule has 4 aliphatic carbocycles. The fourth-order valence-corrected chi connectivity index (χ4v) is 10.5. The van der Waals surface area contributed by atoms with E-state index in [1.54, 1.807) is 0 Å². The number of aliphatic hydroxyl groups is 1. The van der Waals surface area contributed by atoms with Gasteiger partial charge in [-0.25, -0.2) is 0 Å². The summed E-state index contributed by atoms with van der Waals surface area (Å²) in [4.78, 5) is 0. The summed E-state index contributed by atoms with van der Waals surface area (Å²) < 4.78 is 0. The van der Waals surface area contributed by atoms with Gasteiger partial charge in [0, 0.05) is 0 Å². The number of fused-ring (bicyclic) bond motifs is 5. The van der Waals surface area contributed by atoms with Crippen molar-refractivity contribution in [2.24, 2.45) is 57.7 Å². The molecule has 1 nitrogen and oxygen atoms in total. The van der Waals surface area contributed by atoms with Gasteiger partial charge in [-0.15, -0.1) is 0 Å². The summed E-state index contributed by atoms with van der Waals surface area (Å²) in [6, 6.07) is 0. The molecule has 4 aliphatic rings. The highest BCUT2D eigenvalue weighted by Crippen LogP contribution is 2.69. The normalized spacial score (nSPS) is 46.5. The van der Waals surface area contributed by atoms with E-state index in [2.05, 4.69) is 55.4 Å². The molecule has 9 atom stereocenters. The van der Waals surface area contributed by atoms with E-state index in [-0.39, 0.29) is 5.41 Å². The fourth-order valence-electron chi connectivity index (χ4n) is 10.5. The second-order valence-electron chi connectivity index (χ2n) is 15.9. The zero-order chi connectivity index (χ0) is 24.2. The van der Waals surface area contributed by atoms with E-state index in [4.69, 9.17) is 0 Å². The first-order chi connectivity index (χ1) is 15.3. The molecular weight excluding hydrogens is 400 g/mol. The van der Waals surface area contributed by atoms with Crippen molar-refractivity contribution in [3.63, 3.8) is 0 Å². The monoisotopic (exact) mass is 458 g/mol. The van der Waals surface area contributed by atoms with Gasteiger partial charge in [-0.05, 0) is 122 Å². The molecule has 4 rings (SSSR count). The Morgan fingerprint density at radius 1 is 0.818 bits per heavy atom. The molecule has 0 heterocycles. The maximum atomic E-state index is 11.5. The Morgan fingerprint density at radius 2 is 1.52 bits per heavy atom. The molecule has 0 aromatic rings. The Morgan fingerprint density at radius 3 is 2.18 bits per heavy atom. The lowest BCUT2D eigenvalue weighted by molar-refractivity contribution is -0.158. The summed E-state index contributed by atoms with van der Waals surface area (Å²) >= 11 is 0. The van der Waals surface area contributed by atoms with Crippen molar-refractivity contribution in [1.29, 1.82) is 0 Å². The molecule has 0 spiro atoms. The van der Waals surface area contributed by atoms with Gasteiger partial charge in [0.1, 0.15) is 0 Å². The van der Waals surface area contributed by atoms with Crippen LogP contribution in [0.5, 0.6) is 0 Å². The zero-order valence-corrected chi connectivity index (χ0v) is 23.7. The van der Waals surface area contributed by atoms with Gasteiger partial charge < -0.3 is 5.11 Å². The van der Waals surface area contributed by atoms with Gasteiger partial charge in [0.25, 0.3) is 0 Å². The summed E-state index contributed by atoms with van der Waals surface area (Å²) in [5.41, 5.74) is 0.887. The van der Waals surface area contributed by atoms with Crippen LogP contribution >= 0.6 is 0 Å². The Bertz CT molecular complexity index is 674. The fraction of sp³-hybridized carbons (Fsp3) is 1.00. The van der Waals surface area contributed by atoms with Crippen LogP contribution in [0.25, 0.3) is 0 Å². The number of hydrogen-bond acceptors (Lipinski definition) is 1. The molecule has 0 bridgehead atoms. The van der Waals surface area contributed by atoms with Gasteiger partial charge >= 0.3 is 0 Å². The predicted octanol–water partition coefficient (Wildman–Crippen LogP) is 9.28. The van der Waals surface area contributed by atoms with E-state index in [0.717, 1.165) is 60.7 Å². The summed E-state index contributed by atoms with van der Waals surface area (Å²) in [5, 5.41) is 11.5. The van der Waals surface area contributed by atoms with Gasteiger partial charge in [0.2, 0.25) is 0 Å². The predicted molar refractivity (Wildman–Crippen MR) is 142 cm³/mol. The Labute approximate surface area is 207 Å². The summed E-state index contributed by atoms with van der Waals surface area (Å²) in [5.74, 6) is 6.33. The zero-order valence-electron chi connectivity index (χ0n) is 23.7. The Hall–Kier alpha value is -0.0400. The number of rotatable bonds is 6. The minimum absolute atomic E-state index is 0.219. The molecule has 1 heteroatoms. The SMILES string of the molecule is CC(C)CCC[C@H](C)[C@@H]1CC[C@@H]2[C@H]3CC[C@H]4C[C@](O)(CC(C)(C)C)CC[C@]4(C)[C@@H]3CC[C@@]21C. The highest BCUT2D eigenvalue weighted by Gasteiger charge is 2.61. The lowest BCUT2D eigenvalue weighted by atomic mass is 9.43. The van der Waals surface area contributed by atoms with Crippen molar-refractivity contribution < 1.29 is 5.11 Å². The van der Waals surface area contributed by atoms with Gasteiger partial charge in [-0.3, -0.25) is 0 Å². The van der Waals surface area contributed by atoms with Crippen molar-refractivity contribution in [3.05, 3.63) is 0 Å². The lowest BCUT2D eigenvalue weighted by Gasteiger charge is -2.62. The number of hydrogen-bond donors (Lipinski definition) is 1. The van der Waals surface area contributed by atoms with Crippen LogP contribution in [0.15, 0.2) is 0 Å². The third-order valence-electron chi connectivity index (χ3n) is 11.9. The van der Waals surface area contributed by atoms with E-state index in [9.17, 15) is 5.11 Å². The first-order valence-corrected chi connectivity index (χ1v) is 15.0. The summed E-state index contributed by atoms with van der Waals surface area (Å²) in [6.45, 7) is 19.7. The smallest absolute Gasteiger partial charge is 0.0655 e. The van der Waals surface area contributed by atoms with Crippen molar-refractivity contribution in [2.45, 2.75) is 144 Å². The highest BCUT2D eigenvalue weighted by molar-refractivity contribution is 5.11. The Kier molecular flexibility index (Phi) is 7.19. The second-order valence-corrected chi connectivity index (χ2v) is 15.9. The van der Waals surface area contributed by atoms with E-state index >= 15 is 0 Å². The van der Waals surface area contributed by atoms with Crippen LogP contribution in [0.2, 0.25) is 0 Å². The Balaban J connectivity index is 1.45. The molecule has 0 saturated heterocycles. The molecular formula is C32H58O. The first-order valence-electron chi connectivity index (χ1n) is 15.0. The lowest BCUT2D eigenvalue weighted by Crippen LogP contribution is -2.56. The molecule has 4 saturated carbocycles. The molecule has 33 heavy (non-hydrogen) atoms. The average molecular weight is 459 g/mol. The standard InChI is InChI=1S/C32H58O/c1-22(2)10-9-11-23(3)26-14-15-27-25-13-12-24-20-32(33,21-29(4,5)6)19-18-30(24,7)28(25)16-17-31(26,27)8/h22-28,33H,9-21H2,1-8H3/t23-,24-,25+,26-,27+,28+,30-,31+,32-/m0/s1. The molecule has 1 N–H and O–H groups in total. The third-order valence-corrected chi connectivity index (χ3v) is 11.9. The minimum atomic E-state index is -0.414.